The molecule has 0 unspecified atom stereocenters. The van der Waals surface area contributed by atoms with E-state index in [9.17, 15) is 4.79 Å². The molecule has 0 aliphatic heterocycles. The second-order valence-corrected chi connectivity index (χ2v) is 3.99. The third-order valence-electron chi connectivity index (χ3n) is 2.85. The average Bonchev–Trinajstić information content (AvgIpc) is 2.35. The number of hydrogen-bond donors (Lipinski definition) is 0. The van der Waals surface area contributed by atoms with E-state index >= 15 is 0 Å². The summed E-state index contributed by atoms with van der Waals surface area (Å²) >= 11 is 0. The van der Waals surface area contributed by atoms with Crippen molar-refractivity contribution in [2.75, 3.05) is 0 Å². The summed E-state index contributed by atoms with van der Waals surface area (Å²) in [7, 11) is 0. The Bertz CT molecular complexity index is 597. The van der Waals surface area contributed by atoms with Gasteiger partial charge in [-0.3, -0.25) is 0 Å². The fourth-order valence-electron chi connectivity index (χ4n) is 1.93. The molecule has 2 nitrogen and oxygen atoms in total. The Hall–Kier alpha value is -2.09. The molecule has 0 aliphatic carbocycles. The lowest BCUT2D eigenvalue weighted by Gasteiger charge is -2.11. The summed E-state index contributed by atoms with van der Waals surface area (Å²) in [5.41, 5.74) is 2.07. The van der Waals surface area contributed by atoms with E-state index in [1.165, 1.54) is 11.5 Å². The molecule has 0 fully saturated rings. The van der Waals surface area contributed by atoms with E-state index in [1.54, 1.807) is 0 Å². The normalized spacial score (nSPS) is 10.2. The van der Waals surface area contributed by atoms with Crippen LogP contribution in [-0.4, -0.2) is 5.97 Å². The highest BCUT2D eigenvalue weighted by atomic mass is 16.5. The molecule has 2 heteroatoms. The van der Waals surface area contributed by atoms with Crippen LogP contribution < -0.4 is 4.74 Å². The molecule has 0 aromatic heterocycles. The monoisotopic (exact) mass is 226 g/mol. The van der Waals surface area contributed by atoms with Gasteiger partial charge in [0, 0.05) is 6.08 Å². The zero-order valence-electron chi connectivity index (χ0n) is 9.99. The van der Waals surface area contributed by atoms with E-state index < -0.39 is 5.97 Å². The lowest BCUT2D eigenvalue weighted by molar-refractivity contribution is -0.128. The van der Waals surface area contributed by atoms with Crippen LogP contribution in [0, 0.1) is 13.8 Å². The van der Waals surface area contributed by atoms with E-state index in [-0.39, 0.29) is 0 Å². The van der Waals surface area contributed by atoms with Gasteiger partial charge in [0.15, 0.2) is 0 Å². The van der Waals surface area contributed by atoms with Gasteiger partial charge >= 0.3 is 5.97 Å². The maximum Gasteiger partial charge on any atom is 0.335 e. The van der Waals surface area contributed by atoms with Crippen molar-refractivity contribution in [2.24, 2.45) is 0 Å². The van der Waals surface area contributed by atoms with Gasteiger partial charge in [-0.05, 0) is 41.8 Å². The molecular formula is C15H14O2. The zero-order valence-corrected chi connectivity index (χ0v) is 9.99. The van der Waals surface area contributed by atoms with Crippen molar-refractivity contribution >= 4 is 16.7 Å². The summed E-state index contributed by atoms with van der Waals surface area (Å²) < 4.78 is 5.23. The third-order valence-corrected chi connectivity index (χ3v) is 2.85. The van der Waals surface area contributed by atoms with Crippen molar-refractivity contribution in [3.63, 3.8) is 0 Å². The number of aryl methyl sites for hydroxylation is 2. The second-order valence-electron chi connectivity index (χ2n) is 3.99. The van der Waals surface area contributed by atoms with E-state index in [1.807, 2.05) is 38.1 Å². The smallest absolute Gasteiger partial charge is 0.335 e. The van der Waals surface area contributed by atoms with Crippen molar-refractivity contribution in [3.05, 3.63) is 54.1 Å². The summed E-state index contributed by atoms with van der Waals surface area (Å²) in [6, 6.07) is 9.97. The minimum atomic E-state index is -0.428. The van der Waals surface area contributed by atoms with Crippen LogP contribution in [0.1, 0.15) is 11.1 Å². The number of carbonyl (C=O) groups excluding carboxylic acids is 1. The maximum atomic E-state index is 11.2. The number of benzene rings is 2. The van der Waals surface area contributed by atoms with E-state index in [4.69, 9.17) is 4.74 Å². The minimum absolute atomic E-state index is 0.428. The number of carbonyl (C=O) groups is 1. The Morgan fingerprint density at radius 2 is 1.88 bits per heavy atom. The van der Waals surface area contributed by atoms with Crippen LogP contribution in [0.2, 0.25) is 0 Å². The van der Waals surface area contributed by atoms with Gasteiger partial charge in [0.2, 0.25) is 0 Å². The molecule has 0 saturated heterocycles. The lowest BCUT2D eigenvalue weighted by Crippen LogP contribution is -2.05. The molecule has 0 spiro atoms. The highest BCUT2D eigenvalue weighted by Crippen LogP contribution is 2.30. The largest absolute Gasteiger partial charge is 0.423 e. The van der Waals surface area contributed by atoms with E-state index in [0.29, 0.717) is 5.75 Å². The Labute approximate surface area is 101 Å². The molecule has 0 amide bonds. The highest BCUT2D eigenvalue weighted by molar-refractivity contribution is 5.92. The van der Waals surface area contributed by atoms with E-state index in [0.717, 1.165) is 16.5 Å². The highest BCUT2D eigenvalue weighted by Gasteiger charge is 2.09. The standard InChI is InChI=1S/C15H14O2/c1-4-15(16)17-14-9-10(2)12-7-5-6-8-13(12)11(14)3/h4-9H,1H2,2-3H3. The second kappa shape index (κ2) is 4.42. The summed E-state index contributed by atoms with van der Waals surface area (Å²) in [5.74, 6) is 0.175. The van der Waals surface area contributed by atoms with Gasteiger partial charge in [-0.1, -0.05) is 30.8 Å². The molecule has 0 aliphatic rings. The van der Waals surface area contributed by atoms with Crippen LogP contribution in [-0.2, 0) is 4.79 Å². The first-order chi connectivity index (χ1) is 8.13. The van der Waals surface area contributed by atoms with Crippen LogP contribution in [0.15, 0.2) is 43.0 Å². The SMILES string of the molecule is C=CC(=O)Oc1cc(C)c2ccccc2c1C. The average molecular weight is 226 g/mol. The van der Waals surface area contributed by atoms with Gasteiger partial charge in [-0.25, -0.2) is 4.79 Å². The Kier molecular flexibility index (Phi) is 2.96. The number of rotatable bonds is 2. The maximum absolute atomic E-state index is 11.2. The molecule has 2 aromatic rings. The summed E-state index contributed by atoms with van der Waals surface area (Å²) in [4.78, 5) is 11.2. The van der Waals surface area contributed by atoms with E-state index in [2.05, 4.69) is 12.6 Å². The van der Waals surface area contributed by atoms with Crippen LogP contribution in [0.3, 0.4) is 0 Å². The van der Waals surface area contributed by atoms with Crippen LogP contribution in [0.4, 0.5) is 0 Å². The van der Waals surface area contributed by atoms with Gasteiger partial charge < -0.3 is 4.74 Å². The topological polar surface area (TPSA) is 26.3 Å². The lowest BCUT2D eigenvalue weighted by atomic mass is 10.0. The summed E-state index contributed by atoms with van der Waals surface area (Å²) in [6.45, 7) is 7.36. The first kappa shape index (κ1) is 11.4. The Morgan fingerprint density at radius 3 is 2.53 bits per heavy atom. The van der Waals surface area contributed by atoms with Crippen LogP contribution in [0.25, 0.3) is 10.8 Å². The number of ether oxygens (including phenoxy) is 1. The molecule has 0 N–H and O–H groups in total. The number of hydrogen-bond acceptors (Lipinski definition) is 2. The molecule has 17 heavy (non-hydrogen) atoms. The predicted octanol–water partition coefficient (Wildman–Crippen LogP) is 3.55. The molecular weight excluding hydrogens is 212 g/mol. The molecule has 0 heterocycles. The van der Waals surface area contributed by atoms with Gasteiger partial charge in [-0.15, -0.1) is 0 Å². The molecule has 0 saturated carbocycles. The van der Waals surface area contributed by atoms with Crippen LogP contribution >= 0.6 is 0 Å². The zero-order chi connectivity index (χ0) is 12.4. The molecule has 0 bridgehead atoms. The first-order valence-electron chi connectivity index (χ1n) is 5.46. The summed E-state index contributed by atoms with van der Waals surface area (Å²) in [5, 5.41) is 2.29. The van der Waals surface area contributed by atoms with Crippen molar-refractivity contribution in [1.29, 1.82) is 0 Å². The summed E-state index contributed by atoms with van der Waals surface area (Å²) in [6.07, 6.45) is 1.17. The quantitative estimate of drug-likeness (QED) is 0.444. The number of esters is 1. The molecule has 0 atom stereocenters. The third kappa shape index (κ3) is 2.07. The van der Waals surface area contributed by atoms with Crippen LogP contribution in [0.5, 0.6) is 5.75 Å². The van der Waals surface area contributed by atoms with Gasteiger partial charge in [-0.2, -0.15) is 0 Å². The van der Waals surface area contributed by atoms with Gasteiger partial charge in [0.1, 0.15) is 5.75 Å². The van der Waals surface area contributed by atoms with Crippen molar-refractivity contribution in [3.8, 4) is 5.75 Å². The van der Waals surface area contributed by atoms with Crippen molar-refractivity contribution in [1.82, 2.24) is 0 Å². The number of fused-ring (bicyclic) bond motifs is 1. The molecule has 0 radical (unpaired) electrons. The van der Waals surface area contributed by atoms with Gasteiger partial charge in [0.25, 0.3) is 0 Å². The van der Waals surface area contributed by atoms with Crippen molar-refractivity contribution < 1.29 is 9.53 Å². The predicted molar refractivity (Wildman–Crippen MR) is 69.3 cm³/mol. The minimum Gasteiger partial charge on any atom is -0.423 e. The molecule has 2 rings (SSSR count). The molecule has 86 valence electrons. The van der Waals surface area contributed by atoms with Crippen molar-refractivity contribution in [2.45, 2.75) is 13.8 Å². The molecule has 2 aromatic carbocycles. The van der Waals surface area contributed by atoms with Gasteiger partial charge in [0.05, 0.1) is 0 Å². The Balaban J connectivity index is 2.62. The first-order valence-corrected chi connectivity index (χ1v) is 5.46. The Morgan fingerprint density at radius 1 is 1.24 bits per heavy atom. The fourth-order valence-corrected chi connectivity index (χ4v) is 1.93. The fraction of sp³-hybridized carbons (Fsp3) is 0.133.